The van der Waals surface area contributed by atoms with Crippen LogP contribution in [0.4, 0.5) is 0 Å². The van der Waals surface area contributed by atoms with Crippen LogP contribution in [0.3, 0.4) is 0 Å². The molecular formula is C13H19ClO3. The molecule has 1 aromatic rings. The lowest BCUT2D eigenvalue weighted by atomic mass is 10.0. The fourth-order valence-corrected chi connectivity index (χ4v) is 1.27. The van der Waals surface area contributed by atoms with Crippen molar-refractivity contribution in [1.82, 2.24) is 0 Å². The first-order valence-corrected chi connectivity index (χ1v) is 5.53. The summed E-state index contributed by atoms with van der Waals surface area (Å²) in [6.07, 6.45) is -0.268. The Labute approximate surface area is 108 Å². The van der Waals surface area contributed by atoms with Crippen LogP contribution in [0.5, 0.6) is 0 Å². The first kappa shape index (κ1) is 15.9. The van der Waals surface area contributed by atoms with E-state index in [9.17, 15) is 9.90 Å². The highest BCUT2D eigenvalue weighted by molar-refractivity contribution is 5.85. The minimum Gasteiger partial charge on any atom is -0.459 e. The third kappa shape index (κ3) is 5.20. The molecule has 0 heterocycles. The van der Waals surface area contributed by atoms with Crippen molar-refractivity contribution in [2.45, 2.75) is 33.0 Å². The Morgan fingerprint density at radius 1 is 1.35 bits per heavy atom. The lowest BCUT2D eigenvalue weighted by Crippen LogP contribution is -2.29. The molecule has 2 atom stereocenters. The molecule has 0 aliphatic carbocycles. The highest BCUT2D eigenvalue weighted by Crippen LogP contribution is 2.10. The molecule has 17 heavy (non-hydrogen) atoms. The third-order valence-corrected chi connectivity index (χ3v) is 2.65. The van der Waals surface area contributed by atoms with Gasteiger partial charge in [-0.3, -0.25) is 0 Å². The van der Waals surface area contributed by atoms with Gasteiger partial charge in [-0.15, -0.1) is 12.4 Å². The third-order valence-electron chi connectivity index (χ3n) is 2.65. The predicted octanol–water partition coefficient (Wildman–Crippen LogP) is 2.56. The number of rotatable bonds is 5. The number of carbonyl (C=O) groups excluding carboxylic acids is 1. The summed E-state index contributed by atoms with van der Waals surface area (Å²) in [5.74, 6) is -0.610. The van der Waals surface area contributed by atoms with Gasteiger partial charge in [-0.25, -0.2) is 4.79 Å². The molecule has 3 nitrogen and oxygen atoms in total. The lowest BCUT2D eigenvalue weighted by molar-refractivity contribution is -0.157. The Balaban J connectivity index is 0.00000256. The van der Waals surface area contributed by atoms with Crippen molar-refractivity contribution in [2.75, 3.05) is 0 Å². The number of hydrogen-bond acceptors (Lipinski definition) is 3. The van der Waals surface area contributed by atoms with Crippen LogP contribution in [-0.2, 0) is 16.1 Å². The Morgan fingerprint density at radius 2 is 1.94 bits per heavy atom. The fourth-order valence-electron chi connectivity index (χ4n) is 1.27. The molecule has 0 radical (unpaired) electrons. The van der Waals surface area contributed by atoms with E-state index in [0.29, 0.717) is 0 Å². The van der Waals surface area contributed by atoms with E-state index < -0.39 is 12.1 Å². The number of aliphatic hydroxyl groups excluding tert-OH is 1. The van der Waals surface area contributed by atoms with Crippen LogP contribution in [0, 0.1) is 5.92 Å². The van der Waals surface area contributed by atoms with Crippen LogP contribution in [0.15, 0.2) is 30.3 Å². The zero-order valence-electron chi connectivity index (χ0n) is 10.1. The molecular weight excluding hydrogens is 240 g/mol. The highest BCUT2D eigenvalue weighted by atomic mass is 35.5. The zero-order valence-corrected chi connectivity index (χ0v) is 10.9. The lowest BCUT2D eigenvalue weighted by Gasteiger charge is -2.15. The highest BCUT2D eigenvalue weighted by Gasteiger charge is 2.22. The van der Waals surface area contributed by atoms with Crippen LogP contribution in [0.1, 0.15) is 25.8 Å². The average molecular weight is 259 g/mol. The number of benzene rings is 1. The molecule has 1 N–H and O–H groups in total. The number of ether oxygens (including phenoxy) is 1. The van der Waals surface area contributed by atoms with Gasteiger partial charge < -0.3 is 9.84 Å². The number of esters is 1. The van der Waals surface area contributed by atoms with Gasteiger partial charge in [-0.1, -0.05) is 50.6 Å². The Bertz CT molecular complexity index is 327. The molecule has 1 aromatic carbocycles. The monoisotopic (exact) mass is 258 g/mol. The second-order valence-corrected chi connectivity index (χ2v) is 3.92. The first-order valence-electron chi connectivity index (χ1n) is 5.53. The van der Waals surface area contributed by atoms with Gasteiger partial charge >= 0.3 is 5.97 Å². The summed E-state index contributed by atoms with van der Waals surface area (Å²) in [6, 6.07) is 9.42. The second-order valence-electron chi connectivity index (χ2n) is 3.92. The summed E-state index contributed by atoms with van der Waals surface area (Å²) >= 11 is 0. The van der Waals surface area contributed by atoms with Gasteiger partial charge in [-0.2, -0.15) is 0 Å². The predicted molar refractivity (Wildman–Crippen MR) is 68.9 cm³/mol. The largest absolute Gasteiger partial charge is 0.459 e. The maximum atomic E-state index is 11.4. The smallest absolute Gasteiger partial charge is 0.335 e. The molecule has 0 saturated carbocycles. The maximum absolute atomic E-state index is 11.4. The number of carbonyl (C=O) groups is 1. The summed E-state index contributed by atoms with van der Waals surface area (Å²) in [5.41, 5.74) is 0.923. The summed E-state index contributed by atoms with van der Waals surface area (Å²) < 4.78 is 5.02. The van der Waals surface area contributed by atoms with Crippen LogP contribution in [0.25, 0.3) is 0 Å². The fraction of sp³-hybridized carbons (Fsp3) is 0.462. The molecule has 0 bridgehead atoms. The van der Waals surface area contributed by atoms with Gasteiger partial charge in [0.1, 0.15) is 6.61 Å². The molecule has 0 amide bonds. The van der Waals surface area contributed by atoms with Gasteiger partial charge in [0.05, 0.1) is 0 Å². The summed E-state index contributed by atoms with van der Waals surface area (Å²) in [6.45, 7) is 3.97. The quantitative estimate of drug-likeness (QED) is 0.826. The molecule has 0 fully saturated rings. The minimum absolute atomic E-state index is 0. The molecule has 0 aliphatic rings. The van der Waals surface area contributed by atoms with Crippen LogP contribution >= 0.6 is 12.4 Å². The van der Waals surface area contributed by atoms with Crippen molar-refractivity contribution >= 4 is 18.4 Å². The Kier molecular flexibility index (Phi) is 7.59. The Hall–Kier alpha value is -1.06. The molecule has 0 spiro atoms. The minimum atomic E-state index is -1.02. The summed E-state index contributed by atoms with van der Waals surface area (Å²) in [4.78, 5) is 11.4. The number of halogens is 1. The maximum Gasteiger partial charge on any atom is 0.335 e. The molecule has 4 heteroatoms. The van der Waals surface area contributed by atoms with Crippen molar-refractivity contribution in [1.29, 1.82) is 0 Å². The van der Waals surface area contributed by atoms with E-state index in [1.54, 1.807) is 0 Å². The van der Waals surface area contributed by atoms with Crippen LogP contribution < -0.4 is 0 Å². The Morgan fingerprint density at radius 3 is 2.47 bits per heavy atom. The van der Waals surface area contributed by atoms with Crippen molar-refractivity contribution in [2.24, 2.45) is 5.92 Å². The van der Waals surface area contributed by atoms with Gasteiger partial charge in [0, 0.05) is 0 Å². The average Bonchev–Trinajstić information content (AvgIpc) is 2.35. The molecule has 1 rings (SSSR count). The van der Waals surface area contributed by atoms with Crippen molar-refractivity contribution in [3.8, 4) is 0 Å². The van der Waals surface area contributed by atoms with E-state index in [1.165, 1.54) is 0 Å². The van der Waals surface area contributed by atoms with E-state index in [4.69, 9.17) is 4.74 Å². The van der Waals surface area contributed by atoms with Crippen LogP contribution in [0.2, 0.25) is 0 Å². The number of hydrogen-bond donors (Lipinski definition) is 1. The van der Waals surface area contributed by atoms with E-state index >= 15 is 0 Å². The van der Waals surface area contributed by atoms with E-state index in [0.717, 1.165) is 12.0 Å². The van der Waals surface area contributed by atoms with Gasteiger partial charge in [0.25, 0.3) is 0 Å². The zero-order chi connectivity index (χ0) is 12.0. The molecule has 2 unspecified atom stereocenters. The van der Waals surface area contributed by atoms with Gasteiger partial charge in [0.15, 0.2) is 6.10 Å². The molecule has 0 aromatic heterocycles. The second kappa shape index (κ2) is 8.09. The molecule has 0 aliphatic heterocycles. The first-order chi connectivity index (χ1) is 7.65. The van der Waals surface area contributed by atoms with Gasteiger partial charge in [0.2, 0.25) is 0 Å². The normalized spacial score (nSPS) is 13.4. The van der Waals surface area contributed by atoms with Crippen molar-refractivity contribution in [3.05, 3.63) is 35.9 Å². The standard InChI is InChI=1S/C13H18O3.ClH/c1-3-10(2)12(14)13(15)16-9-11-7-5-4-6-8-11;/h4-8,10,12,14H,3,9H2,1-2H3;1H. The molecule has 96 valence electrons. The summed E-state index contributed by atoms with van der Waals surface area (Å²) in [5, 5.41) is 9.59. The van der Waals surface area contributed by atoms with E-state index in [1.807, 2.05) is 44.2 Å². The topological polar surface area (TPSA) is 46.5 Å². The van der Waals surface area contributed by atoms with Crippen molar-refractivity contribution < 1.29 is 14.6 Å². The van der Waals surface area contributed by atoms with Crippen molar-refractivity contribution in [3.63, 3.8) is 0 Å². The summed E-state index contributed by atoms with van der Waals surface area (Å²) in [7, 11) is 0. The van der Waals surface area contributed by atoms with E-state index in [-0.39, 0.29) is 24.9 Å². The number of aliphatic hydroxyl groups is 1. The van der Waals surface area contributed by atoms with Crippen LogP contribution in [-0.4, -0.2) is 17.2 Å². The van der Waals surface area contributed by atoms with Gasteiger partial charge in [-0.05, 0) is 11.5 Å². The molecule has 0 saturated heterocycles. The van der Waals surface area contributed by atoms with E-state index in [2.05, 4.69) is 0 Å². The SMILES string of the molecule is CCC(C)C(O)C(=O)OCc1ccccc1.Cl.